The first kappa shape index (κ1) is 9.97. The van der Waals surface area contributed by atoms with Gasteiger partial charge in [-0.25, -0.2) is 0 Å². The molecule has 0 aromatic heterocycles. The minimum atomic E-state index is 0.756. The highest BCUT2D eigenvalue weighted by molar-refractivity contribution is 5.82. The normalized spacial score (nSPS) is 17.1. The van der Waals surface area contributed by atoms with Gasteiger partial charge in [0.25, 0.3) is 0 Å². The maximum Gasteiger partial charge on any atom is 0.128 e. The zero-order valence-electron chi connectivity index (χ0n) is 9.21. The van der Waals surface area contributed by atoms with Crippen LogP contribution in [0.1, 0.15) is 24.5 Å². The summed E-state index contributed by atoms with van der Waals surface area (Å²) in [5.74, 6) is 0.933. The van der Waals surface area contributed by atoms with Gasteiger partial charge in [-0.15, -0.1) is 0 Å². The molecular weight excluding hydrogens is 186 g/mol. The van der Waals surface area contributed by atoms with Gasteiger partial charge in [-0.05, 0) is 37.8 Å². The fourth-order valence-corrected chi connectivity index (χ4v) is 2.00. The highest BCUT2D eigenvalue weighted by atomic mass is 16.5. The van der Waals surface area contributed by atoms with Crippen molar-refractivity contribution in [3.8, 4) is 5.75 Å². The molecule has 1 aromatic rings. The number of fused-ring (bicyclic) bond motifs is 1. The lowest BCUT2D eigenvalue weighted by Crippen LogP contribution is -2.08. The topological polar surface area (TPSA) is 21.6 Å². The first-order valence-electron chi connectivity index (χ1n) is 5.16. The van der Waals surface area contributed by atoms with E-state index in [9.17, 15) is 0 Å². The first-order valence-corrected chi connectivity index (χ1v) is 5.16. The molecule has 0 saturated carbocycles. The molecule has 1 heterocycles. The molecule has 2 nitrogen and oxygen atoms in total. The number of rotatable bonds is 1. The molecule has 0 radical (unpaired) electrons. The lowest BCUT2D eigenvalue weighted by atomic mass is 9.95. The number of nitrogens with zero attached hydrogens (tertiary/aromatic N) is 1. The molecule has 0 aliphatic carbocycles. The Morgan fingerprint density at radius 3 is 2.93 bits per heavy atom. The van der Waals surface area contributed by atoms with E-state index in [1.54, 1.807) is 0 Å². The van der Waals surface area contributed by atoms with E-state index in [0.717, 1.165) is 35.6 Å². The van der Waals surface area contributed by atoms with E-state index in [1.807, 2.05) is 19.1 Å². The fraction of sp³-hybridized carbons (Fsp3) is 0.308. The van der Waals surface area contributed by atoms with E-state index in [-0.39, 0.29) is 0 Å². The Morgan fingerprint density at radius 2 is 2.27 bits per heavy atom. The van der Waals surface area contributed by atoms with Gasteiger partial charge in [-0.2, -0.15) is 0 Å². The van der Waals surface area contributed by atoms with Crippen LogP contribution in [0.2, 0.25) is 0 Å². The van der Waals surface area contributed by atoms with Crippen molar-refractivity contribution >= 4 is 18.0 Å². The number of hydrogen-bond acceptors (Lipinski definition) is 2. The number of allylic oxidation sites excluding steroid dienone is 1. The Bertz CT molecular complexity index is 432. The van der Waals surface area contributed by atoms with Gasteiger partial charge in [0.05, 0.1) is 12.3 Å². The maximum atomic E-state index is 5.62. The first-order chi connectivity index (χ1) is 7.27. The molecule has 0 unspecified atom stereocenters. The highest BCUT2D eigenvalue weighted by Crippen LogP contribution is 2.41. The minimum Gasteiger partial charge on any atom is -0.493 e. The second-order valence-corrected chi connectivity index (χ2v) is 3.67. The summed E-state index contributed by atoms with van der Waals surface area (Å²) in [6, 6.07) is 4.05. The second-order valence-electron chi connectivity index (χ2n) is 3.67. The van der Waals surface area contributed by atoms with Crippen LogP contribution >= 0.6 is 0 Å². The number of benzene rings is 1. The molecule has 0 atom stereocenters. The molecule has 0 amide bonds. The average Bonchev–Trinajstić information content (AvgIpc) is 2.28. The minimum absolute atomic E-state index is 0.756. The predicted molar refractivity (Wildman–Crippen MR) is 64.2 cm³/mol. The summed E-state index contributed by atoms with van der Waals surface area (Å²) in [5.41, 5.74) is 4.54. The van der Waals surface area contributed by atoms with Crippen LogP contribution in [0.5, 0.6) is 5.75 Å². The quantitative estimate of drug-likeness (QED) is 0.637. The van der Waals surface area contributed by atoms with Crippen LogP contribution in [0.4, 0.5) is 5.69 Å². The second kappa shape index (κ2) is 3.89. The number of hydrogen-bond donors (Lipinski definition) is 0. The predicted octanol–water partition coefficient (Wildman–Crippen LogP) is 3.51. The summed E-state index contributed by atoms with van der Waals surface area (Å²) in [7, 11) is 0. The van der Waals surface area contributed by atoms with Gasteiger partial charge in [0.15, 0.2) is 0 Å². The summed E-state index contributed by atoms with van der Waals surface area (Å²) >= 11 is 0. The molecule has 0 spiro atoms. The summed E-state index contributed by atoms with van der Waals surface area (Å²) in [4.78, 5) is 4.11. The van der Waals surface area contributed by atoms with E-state index in [0.29, 0.717) is 0 Å². The van der Waals surface area contributed by atoms with Crippen LogP contribution in [0.25, 0.3) is 5.57 Å². The monoisotopic (exact) mass is 201 g/mol. The van der Waals surface area contributed by atoms with Gasteiger partial charge >= 0.3 is 0 Å². The van der Waals surface area contributed by atoms with E-state index in [1.165, 1.54) is 5.57 Å². The van der Waals surface area contributed by atoms with Crippen LogP contribution in [-0.2, 0) is 0 Å². The SMILES string of the molecule is C=Nc1c(C)ccc2c1C(=CC)CCO2. The zero-order valence-corrected chi connectivity index (χ0v) is 9.21. The van der Waals surface area contributed by atoms with Gasteiger partial charge in [0.2, 0.25) is 0 Å². The van der Waals surface area contributed by atoms with Gasteiger partial charge in [-0.1, -0.05) is 12.1 Å². The Labute approximate surface area is 90.3 Å². The van der Waals surface area contributed by atoms with E-state index >= 15 is 0 Å². The summed E-state index contributed by atoms with van der Waals surface area (Å²) in [6.45, 7) is 8.50. The van der Waals surface area contributed by atoms with Crippen molar-refractivity contribution in [3.63, 3.8) is 0 Å². The van der Waals surface area contributed by atoms with E-state index < -0.39 is 0 Å². The molecule has 15 heavy (non-hydrogen) atoms. The van der Waals surface area contributed by atoms with E-state index in [2.05, 4.69) is 24.7 Å². The summed E-state index contributed by atoms with van der Waals surface area (Å²) < 4.78 is 5.62. The van der Waals surface area contributed by atoms with Gasteiger partial charge in [-0.3, -0.25) is 4.99 Å². The molecule has 1 aliphatic heterocycles. The smallest absolute Gasteiger partial charge is 0.128 e. The van der Waals surface area contributed by atoms with Crippen molar-refractivity contribution < 1.29 is 4.74 Å². The molecule has 1 aliphatic rings. The number of ether oxygens (including phenoxy) is 1. The lowest BCUT2D eigenvalue weighted by Gasteiger charge is -2.22. The number of aliphatic imine (C=N–C) groups is 1. The van der Waals surface area contributed by atoms with Crippen molar-refractivity contribution in [3.05, 3.63) is 29.3 Å². The molecule has 78 valence electrons. The summed E-state index contributed by atoms with van der Waals surface area (Å²) in [6.07, 6.45) is 3.09. The van der Waals surface area contributed by atoms with Crippen LogP contribution in [0.3, 0.4) is 0 Å². The third kappa shape index (κ3) is 1.56. The van der Waals surface area contributed by atoms with Crippen LogP contribution in [0, 0.1) is 6.92 Å². The molecule has 2 heteroatoms. The highest BCUT2D eigenvalue weighted by Gasteiger charge is 2.19. The van der Waals surface area contributed by atoms with Crippen molar-refractivity contribution in [2.24, 2.45) is 4.99 Å². The fourth-order valence-electron chi connectivity index (χ4n) is 2.00. The van der Waals surface area contributed by atoms with Gasteiger partial charge in [0, 0.05) is 12.0 Å². The van der Waals surface area contributed by atoms with Crippen molar-refractivity contribution in [1.29, 1.82) is 0 Å². The molecule has 1 aromatic carbocycles. The standard InChI is InChI=1S/C13H15NO/c1-4-10-7-8-15-11-6-5-9(2)13(14-3)12(10)11/h4-6H,3,7-8H2,1-2H3. The lowest BCUT2D eigenvalue weighted by molar-refractivity contribution is 0.316. The van der Waals surface area contributed by atoms with Crippen molar-refractivity contribution in [2.75, 3.05) is 6.61 Å². The third-order valence-corrected chi connectivity index (χ3v) is 2.80. The van der Waals surface area contributed by atoms with Crippen molar-refractivity contribution in [1.82, 2.24) is 0 Å². The number of aryl methyl sites for hydroxylation is 1. The Balaban J connectivity index is 2.70. The Morgan fingerprint density at radius 1 is 1.47 bits per heavy atom. The largest absolute Gasteiger partial charge is 0.493 e. The van der Waals surface area contributed by atoms with Gasteiger partial charge < -0.3 is 4.74 Å². The van der Waals surface area contributed by atoms with Crippen LogP contribution < -0.4 is 4.74 Å². The zero-order chi connectivity index (χ0) is 10.8. The van der Waals surface area contributed by atoms with E-state index in [4.69, 9.17) is 4.74 Å². The molecular formula is C13H15NO. The molecule has 0 saturated heterocycles. The van der Waals surface area contributed by atoms with Gasteiger partial charge in [0.1, 0.15) is 5.75 Å². The maximum absolute atomic E-state index is 5.62. The van der Waals surface area contributed by atoms with Crippen LogP contribution in [-0.4, -0.2) is 13.3 Å². The molecule has 0 bridgehead atoms. The molecule has 0 fully saturated rings. The molecule has 2 rings (SSSR count). The Kier molecular flexibility index (Phi) is 2.58. The Hall–Kier alpha value is -1.57. The van der Waals surface area contributed by atoms with Crippen molar-refractivity contribution in [2.45, 2.75) is 20.3 Å². The third-order valence-electron chi connectivity index (χ3n) is 2.80. The average molecular weight is 201 g/mol. The van der Waals surface area contributed by atoms with Crippen LogP contribution in [0.15, 0.2) is 23.2 Å². The summed E-state index contributed by atoms with van der Waals surface area (Å²) in [5, 5.41) is 0. The molecule has 0 N–H and O–H groups in total.